The van der Waals surface area contributed by atoms with Crippen molar-refractivity contribution < 1.29 is 14.3 Å². The number of hydrogen-bond acceptors (Lipinski definition) is 3. The molecule has 0 rings (SSSR count). The van der Waals surface area contributed by atoms with Crippen LogP contribution >= 0.6 is 22.5 Å². The van der Waals surface area contributed by atoms with Gasteiger partial charge < -0.3 is 10.1 Å². The summed E-state index contributed by atoms with van der Waals surface area (Å²) in [6, 6.07) is -0.578. The number of amides is 1. The van der Waals surface area contributed by atoms with Crippen molar-refractivity contribution in [1.29, 1.82) is 0 Å². The molecule has 4 nitrogen and oxygen atoms in total. The molecule has 2 atom stereocenters. The van der Waals surface area contributed by atoms with Crippen LogP contribution in [0.5, 0.6) is 0 Å². The van der Waals surface area contributed by atoms with Crippen molar-refractivity contribution in [3.8, 4) is 0 Å². The van der Waals surface area contributed by atoms with Gasteiger partial charge in [-0.2, -0.15) is 0 Å². The average Bonchev–Trinajstić information content (AvgIpc) is 2.84. The lowest BCUT2D eigenvalue weighted by atomic mass is 10.1. The second-order valence-electron chi connectivity index (χ2n) is 10.8. The van der Waals surface area contributed by atoms with Crippen LogP contribution in [0, 0.1) is 0 Å². The van der Waals surface area contributed by atoms with Crippen molar-refractivity contribution in [2.45, 2.75) is 160 Å². The van der Waals surface area contributed by atoms with Crippen LogP contribution in [0.15, 0.2) is 0 Å². The maximum absolute atomic E-state index is 12.8. The second kappa shape index (κ2) is 26.2. The number of hydrogen-bond donors (Lipinski definition) is 2. The maximum Gasteiger partial charge on any atom is 0.330 e. The molecule has 0 aliphatic heterocycles. The Morgan fingerprint density at radius 1 is 0.694 bits per heavy atom. The molecule has 0 aromatic rings. The molecular weight excluding hydrogens is 490 g/mol. The van der Waals surface area contributed by atoms with E-state index in [1.54, 1.807) is 0 Å². The quantitative estimate of drug-likeness (QED) is 0.0489. The number of nitrogens with one attached hydrogen (secondary N) is 1. The molecule has 0 saturated heterocycles. The van der Waals surface area contributed by atoms with E-state index in [0.29, 0.717) is 19.3 Å². The summed E-state index contributed by atoms with van der Waals surface area (Å²) >= 11 is 6.34. The van der Waals surface area contributed by atoms with Crippen LogP contribution in [-0.4, -0.2) is 41.7 Å². The van der Waals surface area contributed by atoms with E-state index < -0.39 is 11.6 Å². The third-order valence-corrected chi connectivity index (χ3v) is 8.23. The first-order valence-electron chi connectivity index (χ1n) is 15.2. The van der Waals surface area contributed by atoms with E-state index in [2.05, 4.69) is 31.7 Å². The lowest BCUT2D eigenvalue weighted by molar-refractivity contribution is -0.150. The van der Waals surface area contributed by atoms with Crippen molar-refractivity contribution in [3.05, 3.63) is 0 Å². The SMILES string of the molecule is CCCCCCCCCCCC(=O)N[C@H](CC[SH](C)C)C(=O)OC(Cl)CCCCCCCCCCC. The number of carbonyl (C=O) groups excluding carboxylic acids is 2. The highest BCUT2D eigenvalue weighted by Gasteiger charge is 2.24. The fraction of sp³-hybridized carbons (Fsp3) is 0.933. The van der Waals surface area contributed by atoms with Gasteiger partial charge in [-0.1, -0.05) is 128 Å². The molecule has 0 aliphatic rings. The molecule has 0 spiro atoms. The lowest BCUT2D eigenvalue weighted by Crippen LogP contribution is -2.43. The molecule has 0 aromatic carbocycles. The molecule has 0 radical (unpaired) electrons. The van der Waals surface area contributed by atoms with Crippen LogP contribution in [0.2, 0.25) is 0 Å². The van der Waals surface area contributed by atoms with E-state index in [4.69, 9.17) is 16.3 Å². The fourth-order valence-electron chi connectivity index (χ4n) is 4.38. The van der Waals surface area contributed by atoms with Gasteiger partial charge in [-0.15, -0.1) is 0 Å². The molecular formula is C30H60ClNO3S. The Bertz CT molecular complexity index is 518. The Balaban J connectivity index is 4.14. The summed E-state index contributed by atoms with van der Waals surface area (Å²) in [4.78, 5) is 25.3. The number of carbonyl (C=O) groups is 2. The normalized spacial score (nSPS) is 13.3. The summed E-state index contributed by atoms with van der Waals surface area (Å²) < 4.78 is 5.53. The van der Waals surface area contributed by atoms with Gasteiger partial charge in [0.1, 0.15) is 6.04 Å². The molecule has 0 heterocycles. The van der Waals surface area contributed by atoms with Gasteiger partial charge in [0.15, 0.2) is 5.56 Å². The molecule has 0 saturated carbocycles. The zero-order valence-corrected chi connectivity index (χ0v) is 25.9. The number of esters is 1. The minimum atomic E-state index is -0.608. The molecule has 1 N–H and O–H groups in total. The van der Waals surface area contributed by atoms with Crippen molar-refractivity contribution in [2.75, 3.05) is 18.3 Å². The van der Waals surface area contributed by atoms with E-state index in [9.17, 15) is 9.59 Å². The first-order chi connectivity index (χ1) is 17.4. The molecule has 1 unspecified atom stereocenters. The summed E-state index contributed by atoms with van der Waals surface area (Å²) in [6.07, 6.45) is 28.4. The zero-order chi connectivity index (χ0) is 26.9. The number of rotatable bonds is 26. The predicted molar refractivity (Wildman–Crippen MR) is 162 cm³/mol. The Morgan fingerprint density at radius 2 is 1.14 bits per heavy atom. The van der Waals surface area contributed by atoms with E-state index in [-0.39, 0.29) is 22.8 Å². The molecule has 1 amide bonds. The van der Waals surface area contributed by atoms with Gasteiger partial charge in [-0.3, -0.25) is 15.7 Å². The summed E-state index contributed by atoms with van der Waals surface area (Å²) in [5.74, 6) is 0.517. The van der Waals surface area contributed by atoms with Gasteiger partial charge in [0.05, 0.1) is 0 Å². The van der Waals surface area contributed by atoms with Crippen molar-refractivity contribution >= 4 is 34.4 Å². The molecule has 0 bridgehead atoms. The van der Waals surface area contributed by atoms with Crippen LogP contribution in [0.25, 0.3) is 0 Å². The van der Waals surface area contributed by atoms with Gasteiger partial charge in [0, 0.05) is 6.42 Å². The summed E-state index contributed by atoms with van der Waals surface area (Å²) in [6.45, 7) is 4.49. The van der Waals surface area contributed by atoms with Gasteiger partial charge >= 0.3 is 5.97 Å². The predicted octanol–water partition coefficient (Wildman–Crippen LogP) is 9.07. The van der Waals surface area contributed by atoms with Gasteiger partial charge in [0.2, 0.25) is 5.91 Å². The molecule has 0 aliphatic carbocycles. The van der Waals surface area contributed by atoms with Gasteiger partial charge in [-0.05, 0) is 43.9 Å². The number of unbranched alkanes of at least 4 members (excludes halogenated alkanes) is 16. The highest BCUT2D eigenvalue weighted by Crippen LogP contribution is 2.19. The van der Waals surface area contributed by atoms with E-state index in [1.165, 1.54) is 89.9 Å². The Labute approximate surface area is 232 Å². The zero-order valence-electron chi connectivity index (χ0n) is 24.3. The smallest absolute Gasteiger partial charge is 0.330 e. The number of thiol groups is 1. The molecule has 216 valence electrons. The minimum absolute atomic E-state index is 0.0403. The summed E-state index contributed by atoms with van der Waals surface area (Å²) in [7, 11) is -0.140. The maximum atomic E-state index is 12.8. The van der Waals surface area contributed by atoms with Crippen LogP contribution in [0.3, 0.4) is 0 Å². The number of halogens is 1. The number of ether oxygens (including phenoxy) is 1. The number of alkyl halides is 1. The molecule has 0 fully saturated rings. The largest absolute Gasteiger partial charge is 0.444 e. The third-order valence-electron chi connectivity index (χ3n) is 6.77. The first kappa shape index (κ1) is 35.6. The van der Waals surface area contributed by atoms with Crippen LogP contribution in [0.1, 0.15) is 149 Å². The van der Waals surface area contributed by atoms with E-state index >= 15 is 0 Å². The average molecular weight is 550 g/mol. The first-order valence-corrected chi connectivity index (χ1v) is 18.0. The van der Waals surface area contributed by atoms with Crippen molar-refractivity contribution in [2.24, 2.45) is 0 Å². The summed E-state index contributed by atoms with van der Waals surface area (Å²) in [5, 5.41) is 2.95. The fourth-order valence-corrected chi connectivity index (χ4v) is 5.40. The Hall–Kier alpha value is -0.420. The Kier molecular flexibility index (Phi) is 25.9. The van der Waals surface area contributed by atoms with Crippen LogP contribution < -0.4 is 5.32 Å². The van der Waals surface area contributed by atoms with Gasteiger partial charge in [0.25, 0.3) is 0 Å². The standard InChI is InChI=1S/C30H60ClNO3S/c1-5-7-9-11-13-15-17-19-21-23-28(31)35-30(34)27(25-26-36(3)4)32-29(33)24-22-20-18-16-14-12-10-8-6-2/h27-28,36H,5-26H2,1-4H3,(H,32,33)/t27-,28?/m1/s1. The van der Waals surface area contributed by atoms with Crippen molar-refractivity contribution in [1.82, 2.24) is 5.32 Å². The van der Waals surface area contributed by atoms with Crippen LogP contribution in [0.4, 0.5) is 0 Å². The summed E-state index contributed by atoms with van der Waals surface area (Å²) in [5.41, 5.74) is -0.608. The van der Waals surface area contributed by atoms with Crippen LogP contribution in [-0.2, 0) is 14.3 Å². The third kappa shape index (κ3) is 23.9. The van der Waals surface area contributed by atoms with E-state index in [1.807, 2.05) is 0 Å². The highest BCUT2D eigenvalue weighted by molar-refractivity contribution is 8.15. The molecule has 6 heteroatoms. The van der Waals surface area contributed by atoms with E-state index in [0.717, 1.165) is 31.4 Å². The van der Waals surface area contributed by atoms with Gasteiger partial charge in [-0.25, -0.2) is 4.79 Å². The topological polar surface area (TPSA) is 55.4 Å². The molecule has 36 heavy (non-hydrogen) atoms. The second-order valence-corrected chi connectivity index (χ2v) is 13.8. The minimum Gasteiger partial charge on any atom is -0.444 e. The lowest BCUT2D eigenvalue weighted by Gasteiger charge is -2.21. The monoisotopic (exact) mass is 549 g/mol. The highest BCUT2D eigenvalue weighted by atomic mass is 35.5. The van der Waals surface area contributed by atoms with Crippen molar-refractivity contribution in [3.63, 3.8) is 0 Å². The molecule has 0 aromatic heterocycles. The Morgan fingerprint density at radius 3 is 1.61 bits per heavy atom.